The van der Waals surface area contributed by atoms with Gasteiger partial charge in [0.05, 0.1) is 0 Å². The molecule has 0 unspecified atom stereocenters. The minimum atomic E-state index is -4.69. The number of carbonyl (C=O) groups is 1. The quantitative estimate of drug-likeness (QED) is 0.733. The molecule has 1 nitrogen and oxygen atoms in total. The lowest BCUT2D eigenvalue weighted by atomic mass is 10.1. The van der Waals surface area contributed by atoms with Gasteiger partial charge in [0.2, 0.25) is 5.12 Å². The molecule has 7 heteroatoms. The fourth-order valence-corrected chi connectivity index (χ4v) is 2.06. The number of alkyl halides is 5. The molecule has 0 N–H and O–H groups in total. The maximum atomic E-state index is 12.9. The molecule has 0 bridgehead atoms. The van der Waals surface area contributed by atoms with Crippen LogP contribution in [-0.2, 0) is 0 Å². The highest BCUT2D eigenvalue weighted by Gasteiger charge is 2.55. The van der Waals surface area contributed by atoms with E-state index in [0.29, 0.717) is 17.3 Å². The summed E-state index contributed by atoms with van der Waals surface area (Å²) < 4.78 is 62.8. The summed E-state index contributed by atoms with van der Waals surface area (Å²) in [5.74, 6) is -9.65. The van der Waals surface area contributed by atoms with Crippen molar-refractivity contribution in [3.05, 3.63) is 35.9 Å². The zero-order valence-corrected chi connectivity index (χ0v) is 10.5. The van der Waals surface area contributed by atoms with Crippen LogP contribution >= 0.6 is 11.8 Å². The van der Waals surface area contributed by atoms with Gasteiger partial charge in [0.15, 0.2) is 6.67 Å². The van der Waals surface area contributed by atoms with Gasteiger partial charge < -0.3 is 0 Å². The number of benzene rings is 1. The molecule has 0 heterocycles. The van der Waals surface area contributed by atoms with Crippen molar-refractivity contribution in [2.45, 2.75) is 18.3 Å². The molecule has 0 amide bonds. The molecule has 0 aliphatic heterocycles. The summed E-state index contributed by atoms with van der Waals surface area (Å²) >= 11 is 0.508. The second-order valence-electron chi connectivity index (χ2n) is 3.79. The van der Waals surface area contributed by atoms with Crippen LogP contribution in [0.4, 0.5) is 22.0 Å². The third-order valence-electron chi connectivity index (χ3n) is 2.36. The molecule has 106 valence electrons. The van der Waals surface area contributed by atoms with Crippen LogP contribution in [0, 0.1) is 0 Å². The first-order valence-corrected chi connectivity index (χ1v) is 6.32. The van der Waals surface area contributed by atoms with Crippen molar-refractivity contribution in [3.8, 4) is 0 Å². The number of halogens is 5. The highest BCUT2D eigenvalue weighted by molar-refractivity contribution is 8.14. The van der Waals surface area contributed by atoms with Crippen molar-refractivity contribution < 1.29 is 26.7 Å². The third-order valence-corrected chi connectivity index (χ3v) is 3.27. The maximum Gasteiger partial charge on any atom is 0.337 e. The molecule has 1 aromatic rings. The van der Waals surface area contributed by atoms with Gasteiger partial charge in [0.1, 0.15) is 0 Å². The Hall–Kier alpha value is -1.11. The normalized spacial score (nSPS) is 12.5. The van der Waals surface area contributed by atoms with Gasteiger partial charge in [-0.15, -0.1) is 0 Å². The molecule has 1 aromatic carbocycles. The van der Waals surface area contributed by atoms with Crippen LogP contribution in [0.5, 0.6) is 0 Å². The van der Waals surface area contributed by atoms with E-state index in [9.17, 15) is 26.7 Å². The van der Waals surface area contributed by atoms with E-state index in [2.05, 4.69) is 0 Å². The Labute approximate surface area is 111 Å². The number of rotatable bonds is 6. The molecule has 0 fully saturated rings. The molecule has 19 heavy (non-hydrogen) atoms. The minimum Gasteiger partial charge on any atom is -0.282 e. The van der Waals surface area contributed by atoms with E-state index < -0.39 is 35.8 Å². The van der Waals surface area contributed by atoms with Gasteiger partial charge in [0, 0.05) is 17.7 Å². The predicted octanol–water partition coefficient (Wildman–Crippen LogP) is 4.19. The van der Waals surface area contributed by atoms with Crippen LogP contribution in [0.3, 0.4) is 0 Å². The van der Waals surface area contributed by atoms with Crippen molar-refractivity contribution in [2.75, 3.05) is 12.4 Å². The number of hydrogen-bond donors (Lipinski definition) is 0. The average molecular weight is 298 g/mol. The minimum absolute atomic E-state index is 0.299. The Morgan fingerprint density at radius 2 is 1.63 bits per heavy atom. The smallest absolute Gasteiger partial charge is 0.282 e. The largest absolute Gasteiger partial charge is 0.337 e. The standard InChI is InChI=1S/C12H11F5OS/c13-8-12(16,17)11(14,15)6-7-19-10(18)9-4-2-1-3-5-9/h1-5H,6-8H2. The fraction of sp³-hybridized carbons (Fsp3) is 0.417. The molecule has 0 saturated heterocycles. The topological polar surface area (TPSA) is 17.1 Å². The molecule has 0 aliphatic rings. The highest BCUT2D eigenvalue weighted by Crippen LogP contribution is 2.38. The highest BCUT2D eigenvalue weighted by atomic mass is 32.2. The molecule has 0 spiro atoms. The van der Waals surface area contributed by atoms with Crippen LogP contribution in [-0.4, -0.2) is 29.4 Å². The van der Waals surface area contributed by atoms with Crippen molar-refractivity contribution in [1.29, 1.82) is 0 Å². The Bertz CT molecular complexity index is 421. The summed E-state index contributed by atoms with van der Waals surface area (Å²) in [5, 5.41) is -0.486. The Balaban J connectivity index is 2.49. The van der Waals surface area contributed by atoms with E-state index in [1.807, 2.05) is 0 Å². The maximum absolute atomic E-state index is 12.9. The van der Waals surface area contributed by atoms with Crippen molar-refractivity contribution in [1.82, 2.24) is 0 Å². The van der Waals surface area contributed by atoms with Crippen LogP contribution in [0.1, 0.15) is 16.8 Å². The van der Waals surface area contributed by atoms with Crippen molar-refractivity contribution >= 4 is 16.9 Å². The van der Waals surface area contributed by atoms with Gasteiger partial charge >= 0.3 is 11.8 Å². The number of hydrogen-bond acceptors (Lipinski definition) is 2. The molecular weight excluding hydrogens is 287 g/mol. The summed E-state index contributed by atoms with van der Waals surface area (Å²) in [5.41, 5.74) is 0.299. The monoisotopic (exact) mass is 298 g/mol. The van der Waals surface area contributed by atoms with Gasteiger partial charge in [-0.05, 0) is 0 Å². The Kier molecular flexibility index (Phi) is 5.34. The third kappa shape index (κ3) is 4.19. The second-order valence-corrected chi connectivity index (χ2v) is 4.86. The first-order valence-electron chi connectivity index (χ1n) is 5.34. The van der Waals surface area contributed by atoms with Crippen LogP contribution in [0.15, 0.2) is 30.3 Å². The summed E-state index contributed by atoms with van der Waals surface area (Å²) in [7, 11) is 0. The second kappa shape index (κ2) is 6.36. The van der Waals surface area contributed by atoms with Gasteiger partial charge in [-0.3, -0.25) is 4.79 Å². The molecule has 0 saturated carbocycles. The van der Waals surface area contributed by atoms with Crippen molar-refractivity contribution in [3.63, 3.8) is 0 Å². The zero-order valence-electron chi connectivity index (χ0n) is 9.71. The lowest BCUT2D eigenvalue weighted by Gasteiger charge is -2.23. The van der Waals surface area contributed by atoms with E-state index in [4.69, 9.17) is 0 Å². The van der Waals surface area contributed by atoms with E-state index in [1.165, 1.54) is 12.1 Å². The molecule has 0 atom stereocenters. The molecule has 1 rings (SSSR count). The van der Waals surface area contributed by atoms with Gasteiger partial charge in [-0.2, -0.15) is 17.6 Å². The van der Waals surface area contributed by atoms with Crippen molar-refractivity contribution in [2.24, 2.45) is 0 Å². The molecule has 0 aliphatic carbocycles. The molecular formula is C12H11F5OS. The van der Waals surface area contributed by atoms with Gasteiger partial charge in [-0.1, -0.05) is 42.1 Å². The first-order chi connectivity index (χ1) is 8.80. The predicted molar refractivity (Wildman–Crippen MR) is 63.7 cm³/mol. The summed E-state index contributed by atoms with van der Waals surface area (Å²) in [4.78, 5) is 11.5. The molecule has 0 aromatic heterocycles. The average Bonchev–Trinajstić information content (AvgIpc) is 2.39. The van der Waals surface area contributed by atoms with Gasteiger partial charge in [0.25, 0.3) is 0 Å². The van der Waals surface area contributed by atoms with E-state index in [-0.39, 0.29) is 0 Å². The van der Waals surface area contributed by atoms with E-state index >= 15 is 0 Å². The lowest BCUT2D eigenvalue weighted by molar-refractivity contribution is -0.215. The first kappa shape index (κ1) is 15.9. The van der Waals surface area contributed by atoms with Gasteiger partial charge in [-0.25, -0.2) is 4.39 Å². The Morgan fingerprint density at radius 3 is 2.16 bits per heavy atom. The van der Waals surface area contributed by atoms with Crippen LogP contribution in [0.2, 0.25) is 0 Å². The van der Waals surface area contributed by atoms with E-state index in [0.717, 1.165) is 0 Å². The SMILES string of the molecule is O=C(SCCC(F)(F)C(F)(F)CF)c1ccccc1. The number of carbonyl (C=O) groups excluding carboxylic acids is 1. The summed E-state index contributed by atoms with van der Waals surface area (Å²) in [6, 6.07) is 7.85. The summed E-state index contributed by atoms with van der Waals surface area (Å²) in [6.07, 6.45) is -1.26. The summed E-state index contributed by atoms with van der Waals surface area (Å²) in [6.45, 7) is -2.42. The van der Waals surface area contributed by atoms with E-state index in [1.54, 1.807) is 18.2 Å². The lowest BCUT2D eigenvalue weighted by Crippen LogP contribution is -2.42. The van der Waals surface area contributed by atoms with Crippen LogP contribution < -0.4 is 0 Å². The number of thioether (sulfide) groups is 1. The van der Waals surface area contributed by atoms with Crippen LogP contribution in [0.25, 0.3) is 0 Å². The fourth-order valence-electron chi connectivity index (χ4n) is 1.21. The molecule has 0 radical (unpaired) electrons. The zero-order chi connectivity index (χ0) is 14.5. The Morgan fingerprint density at radius 1 is 1.05 bits per heavy atom.